The van der Waals surface area contributed by atoms with Crippen LogP contribution in [0.2, 0.25) is 0 Å². The quantitative estimate of drug-likeness (QED) is 0.822. The molecular weight excluding hydrogens is 228 g/mol. The SMILES string of the molecule is Cc1cc(C(=O)CN2CCC(C)(O)C2)c(C)n1C. The third-order valence-corrected chi connectivity index (χ3v) is 3.97. The first-order valence-electron chi connectivity index (χ1n) is 6.41. The molecule has 0 spiro atoms. The summed E-state index contributed by atoms with van der Waals surface area (Å²) in [7, 11) is 1.97. The van der Waals surface area contributed by atoms with Crippen LogP contribution in [0.5, 0.6) is 0 Å². The van der Waals surface area contributed by atoms with Gasteiger partial charge in [-0.1, -0.05) is 0 Å². The summed E-state index contributed by atoms with van der Waals surface area (Å²) < 4.78 is 2.04. The Balaban J connectivity index is 2.07. The summed E-state index contributed by atoms with van der Waals surface area (Å²) in [6, 6.07) is 1.95. The highest BCUT2D eigenvalue weighted by atomic mass is 16.3. The van der Waals surface area contributed by atoms with E-state index in [2.05, 4.69) is 0 Å². The molecule has 1 unspecified atom stereocenters. The molecule has 1 aromatic heterocycles. The summed E-state index contributed by atoms with van der Waals surface area (Å²) in [5.41, 5.74) is 2.29. The molecule has 1 aromatic rings. The number of rotatable bonds is 3. The second kappa shape index (κ2) is 4.52. The maximum absolute atomic E-state index is 12.3. The van der Waals surface area contributed by atoms with Crippen LogP contribution in [-0.2, 0) is 7.05 Å². The first-order valence-corrected chi connectivity index (χ1v) is 6.41. The molecule has 1 aliphatic rings. The third kappa shape index (κ3) is 2.49. The second-order valence-electron chi connectivity index (χ2n) is 5.72. The molecule has 1 atom stereocenters. The Labute approximate surface area is 108 Å². The standard InChI is InChI=1S/C14H22N2O2/c1-10-7-12(11(2)15(10)4)13(17)8-16-6-5-14(3,18)9-16/h7,18H,5-6,8-9H2,1-4H3. The van der Waals surface area contributed by atoms with Crippen molar-refractivity contribution in [2.24, 2.45) is 7.05 Å². The average molecular weight is 250 g/mol. The monoisotopic (exact) mass is 250 g/mol. The van der Waals surface area contributed by atoms with Gasteiger partial charge in [-0.15, -0.1) is 0 Å². The minimum absolute atomic E-state index is 0.147. The molecule has 2 rings (SSSR count). The van der Waals surface area contributed by atoms with Crippen molar-refractivity contribution in [3.63, 3.8) is 0 Å². The van der Waals surface area contributed by atoms with Crippen LogP contribution in [0.15, 0.2) is 6.07 Å². The summed E-state index contributed by atoms with van der Waals surface area (Å²) in [4.78, 5) is 14.3. The molecule has 18 heavy (non-hydrogen) atoms. The van der Waals surface area contributed by atoms with Crippen LogP contribution < -0.4 is 0 Å². The molecule has 2 heterocycles. The fraction of sp³-hybridized carbons (Fsp3) is 0.643. The molecule has 1 saturated heterocycles. The normalized spacial score (nSPS) is 24.7. The predicted molar refractivity (Wildman–Crippen MR) is 70.9 cm³/mol. The zero-order chi connectivity index (χ0) is 13.5. The van der Waals surface area contributed by atoms with Crippen LogP contribution >= 0.6 is 0 Å². The maximum Gasteiger partial charge on any atom is 0.178 e. The lowest BCUT2D eigenvalue weighted by Gasteiger charge is -2.18. The van der Waals surface area contributed by atoms with Gasteiger partial charge in [0.05, 0.1) is 12.1 Å². The molecular formula is C14H22N2O2. The number of aliphatic hydroxyl groups is 1. The van der Waals surface area contributed by atoms with Gasteiger partial charge in [0, 0.05) is 37.1 Å². The summed E-state index contributed by atoms with van der Waals surface area (Å²) >= 11 is 0. The van der Waals surface area contributed by atoms with Gasteiger partial charge in [0.25, 0.3) is 0 Å². The Morgan fingerprint density at radius 1 is 1.50 bits per heavy atom. The number of β-amino-alcohol motifs (C(OH)–C–C–N with tert-alkyl or cyclic N) is 1. The van der Waals surface area contributed by atoms with Gasteiger partial charge in [0.2, 0.25) is 0 Å². The molecule has 0 bridgehead atoms. The number of nitrogens with zero attached hydrogens (tertiary/aromatic N) is 2. The zero-order valence-electron chi connectivity index (χ0n) is 11.7. The van der Waals surface area contributed by atoms with Crippen molar-refractivity contribution in [2.75, 3.05) is 19.6 Å². The summed E-state index contributed by atoms with van der Waals surface area (Å²) in [5, 5.41) is 9.89. The first-order chi connectivity index (χ1) is 8.30. The van der Waals surface area contributed by atoms with Crippen molar-refractivity contribution in [1.82, 2.24) is 9.47 Å². The molecule has 0 radical (unpaired) electrons. The number of aryl methyl sites for hydroxylation is 1. The first kappa shape index (κ1) is 13.3. The molecule has 4 nitrogen and oxygen atoms in total. The number of aromatic nitrogens is 1. The van der Waals surface area contributed by atoms with E-state index in [9.17, 15) is 9.90 Å². The number of hydrogen-bond acceptors (Lipinski definition) is 3. The molecule has 1 N–H and O–H groups in total. The second-order valence-corrected chi connectivity index (χ2v) is 5.72. The van der Waals surface area contributed by atoms with E-state index >= 15 is 0 Å². The minimum atomic E-state index is -0.637. The van der Waals surface area contributed by atoms with E-state index in [-0.39, 0.29) is 5.78 Å². The summed E-state index contributed by atoms with van der Waals surface area (Å²) in [6.07, 6.45) is 0.743. The number of hydrogen-bond donors (Lipinski definition) is 1. The largest absolute Gasteiger partial charge is 0.389 e. The van der Waals surface area contributed by atoms with E-state index < -0.39 is 5.60 Å². The van der Waals surface area contributed by atoms with Crippen molar-refractivity contribution in [1.29, 1.82) is 0 Å². The topological polar surface area (TPSA) is 45.5 Å². The highest BCUT2D eigenvalue weighted by Gasteiger charge is 2.32. The number of ketones is 1. The molecule has 0 saturated carbocycles. The Morgan fingerprint density at radius 3 is 2.61 bits per heavy atom. The Morgan fingerprint density at radius 2 is 2.17 bits per heavy atom. The van der Waals surface area contributed by atoms with Crippen molar-refractivity contribution >= 4 is 5.78 Å². The fourth-order valence-corrected chi connectivity index (χ4v) is 2.60. The number of Topliss-reactive ketones (excluding diaryl/α,β-unsaturated/α-hetero) is 1. The molecule has 0 amide bonds. The Kier molecular flexibility index (Phi) is 3.34. The van der Waals surface area contributed by atoms with E-state index in [4.69, 9.17) is 0 Å². The van der Waals surface area contributed by atoms with Crippen LogP contribution in [-0.4, -0.2) is 45.6 Å². The van der Waals surface area contributed by atoms with Crippen LogP contribution in [0, 0.1) is 13.8 Å². The average Bonchev–Trinajstić information content (AvgIpc) is 2.73. The number of carbonyl (C=O) groups excluding carboxylic acids is 1. The number of carbonyl (C=O) groups is 1. The van der Waals surface area contributed by atoms with Gasteiger partial charge in [-0.25, -0.2) is 0 Å². The molecule has 100 valence electrons. The lowest BCUT2D eigenvalue weighted by atomic mass is 10.1. The Hall–Kier alpha value is -1.13. The van der Waals surface area contributed by atoms with Crippen LogP contribution in [0.1, 0.15) is 35.1 Å². The lowest BCUT2D eigenvalue weighted by molar-refractivity contribution is 0.0669. The van der Waals surface area contributed by atoms with E-state index in [1.54, 1.807) is 0 Å². The minimum Gasteiger partial charge on any atom is -0.389 e. The highest BCUT2D eigenvalue weighted by molar-refractivity contribution is 5.99. The van der Waals surface area contributed by atoms with Gasteiger partial charge in [0.15, 0.2) is 5.78 Å². The summed E-state index contributed by atoms with van der Waals surface area (Å²) in [5.74, 6) is 0.147. The number of likely N-dealkylation sites (tertiary alicyclic amines) is 1. The predicted octanol–water partition coefficient (Wildman–Crippen LogP) is 1.28. The Bertz CT molecular complexity index is 474. The van der Waals surface area contributed by atoms with Crippen LogP contribution in [0.4, 0.5) is 0 Å². The molecule has 4 heteroatoms. The third-order valence-electron chi connectivity index (χ3n) is 3.97. The maximum atomic E-state index is 12.3. The lowest BCUT2D eigenvalue weighted by Crippen LogP contribution is -2.33. The van der Waals surface area contributed by atoms with E-state index in [1.807, 2.05) is 43.4 Å². The highest BCUT2D eigenvalue weighted by Crippen LogP contribution is 2.21. The zero-order valence-corrected chi connectivity index (χ0v) is 11.7. The van der Waals surface area contributed by atoms with Crippen LogP contribution in [0.25, 0.3) is 0 Å². The van der Waals surface area contributed by atoms with Crippen molar-refractivity contribution in [3.8, 4) is 0 Å². The van der Waals surface area contributed by atoms with Crippen molar-refractivity contribution in [3.05, 3.63) is 23.0 Å². The van der Waals surface area contributed by atoms with Gasteiger partial charge < -0.3 is 9.67 Å². The fourth-order valence-electron chi connectivity index (χ4n) is 2.60. The van der Waals surface area contributed by atoms with Crippen molar-refractivity contribution in [2.45, 2.75) is 32.8 Å². The van der Waals surface area contributed by atoms with E-state index in [0.717, 1.165) is 29.9 Å². The van der Waals surface area contributed by atoms with Gasteiger partial charge >= 0.3 is 0 Å². The van der Waals surface area contributed by atoms with Crippen LogP contribution in [0.3, 0.4) is 0 Å². The van der Waals surface area contributed by atoms with E-state index in [0.29, 0.717) is 13.1 Å². The van der Waals surface area contributed by atoms with Gasteiger partial charge in [-0.3, -0.25) is 9.69 Å². The molecule has 0 aromatic carbocycles. The summed E-state index contributed by atoms with van der Waals surface area (Å²) in [6.45, 7) is 7.59. The van der Waals surface area contributed by atoms with Crippen molar-refractivity contribution < 1.29 is 9.90 Å². The van der Waals surface area contributed by atoms with Gasteiger partial charge in [-0.05, 0) is 33.3 Å². The molecule has 1 aliphatic heterocycles. The molecule has 1 fully saturated rings. The van der Waals surface area contributed by atoms with Gasteiger partial charge in [-0.2, -0.15) is 0 Å². The van der Waals surface area contributed by atoms with E-state index in [1.165, 1.54) is 0 Å². The molecule has 0 aliphatic carbocycles. The van der Waals surface area contributed by atoms with Gasteiger partial charge in [0.1, 0.15) is 0 Å². The smallest absolute Gasteiger partial charge is 0.178 e.